The number of rotatable bonds is 7. The summed E-state index contributed by atoms with van der Waals surface area (Å²) in [6.07, 6.45) is 0.796. The van der Waals surface area contributed by atoms with Crippen LogP contribution in [0.25, 0.3) is 10.2 Å². The molecule has 8 heteroatoms. The number of fused-ring (bicyclic) bond motifs is 1. The smallest absolute Gasteiger partial charge is 0.263 e. The van der Waals surface area contributed by atoms with E-state index in [9.17, 15) is 14.0 Å². The van der Waals surface area contributed by atoms with Crippen molar-refractivity contribution in [2.75, 3.05) is 5.75 Å². The molecule has 2 heterocycles. The van der Waals surface area contributed by atoms with E-state index in [1.807, 2.05) is 20.8 Å². The summed E-state index contributed by atoms with van der Waals surface area (Å²) in [4.78, 5) is 31.6. The maximum atomic E-state index is 12.9. The number of nitrogens with zero attached hydrogens (tertiary/aromatic N) is 2. The van der Waals surface area contributed by atoms with Gasteiger partial charge in [0.05, 0.1) is 11.1 Å². The first-order chi connectivity index (χ1) is 13.4. The summed E-state index contributed by atoms with van der Waals surface area (Å²) < 4.78 is 14.6. The number of benzene rings is 1. The highest BCUT2D eigenvalue weighted by atomic mass is 32.2. The minimum absolute atomic E-state index is 0.0390. The largest absolute Gasteiger partial charge is 0.351 e. The van der Waals surface area contributed by atoms with Gasteiger partial charge in [-0.15, -0.1) is 11.3 Å². The standard InChI is InChI=1S/C20H22FN3O2S2/c1-4-15-12(3)28-18-17(15)19(26)24(5-2)20(23-18)27-11-16(25)22-10-13-6-8-14(21)9-7-13/h6-9H,4-5,10-11H2,1-3H3,(H,22,25). The fourth-order valence-electron chi connectivity index (χ4n) is 3.03. The highest BCUT2D eigenvalue weighted by Gasteiger charge is 2.18. The van der Waals surface area contributed by atoms with Gasteiger partial charge in [-0.1, -0.05) is 30.8 Å². The minimum Gasteiger partial charge on any atom is -0.351 e. The monoisotopic (exact) mass is 419 g/mol. The van der Waals surface area contributed by atoms with E-state index in [1.165, 1.54) is 35.2 Å². The van der Waals surface area contributed by atoms with Crippen LogP contribution in [0.1, 0.15) is 29.9 Å². The molecular weight excluding hydrogens is 397 g/mol. The van der Waals surface area contributed by atoms with Crippen LogP contribution in [0.2, 0.25) is 0 Å². The van der Waals surface area contributed by atoms with Crippen molar-refractivity contribution in [1.29, 1.82) is 0 Å². The number of hydrogen-bond acceptors (Lipinski definition) is 5. The molecule has 0 saturated heterocycles. The molecule has 0 bridgehead atoms. The predicted octanol–water partition coefficient (Wildman–Crippen LogP) is 3.90. The molecule has 0 atom stereocenters. The average molecular weight is 420 g/mol. The van der Waals surface area contributed by atoms with Crippen LogP contribution in [0.5, 0.6) is 0 Å². The van der Waals surface area contributed by atoms with E-state index in [0.717, 1.165) is 27.3 Å². The van der Waals surface area contributed by atoms with Crippen LogP contribution in [0.15, 0.2) is 34.2 Å². The Kier molecular flexibility index (Phi) is 6.51. The molecule has 0 radical (unpaired) electrons. The van der Waals surface area contributed by atoms with Gasteiger partial charge >= 0.3 is 0 Å². The Morgan fingerprint density at radius 1 is 1.29 bits per heavy atom. The molecule has 3 rings (SSSR count). The zero-order chi connectivity index (χ0) is 20.3. The second-order valence-corrected chi connectivity index (χ2v) is 8.45. The third-order valence-corrected chi connectivity index (χ3v) is 6.50. The zero-order valence-electron chi connectivity index (χ0n) is 16.0. The normalized spacial score (nSPS) is 11.1. The summed E-state index contributed by atoms with van der Waals surface area (Å²) in [5.74, 6) is -0.313. The molecule has 3 aromatic rings. The van der Waals surface area contributed by atoms with Crippen molar-refractivity contribution in [2.45, 2.75) is 45.4 Å². The van der Waals surface area contributed by atoms with Crippen LogP contribution in [-0.2, 0) is 24.3 Å². The van der Waals surface area contributed by atoms with Crippen molar-refractivity contribution >= 4 is 39.2 Å². The van der Waals surface area contributed by atoms with E-state index in [4.69, 9.17) is 0 Å². The van der Waals surface area contributed by atoms with Gasteiger partial charge < -0.3 is 5.32 Å². The number of carbonyl (C=O) groups excluding carboxylic acids is 1. The average Bonchev–Trinajstić information content (AvgIpc) is 3.01. The molecule has 1 aromatic carbocycles. The molecule has 148 valence electrons. The first kappa shape index (κ1) is 20.5. The van der Waals surface area contributed by atoms with Gasteiger partial charge in [-0.3, -0.25) is 14.2 Å². The lowest BCUT2D eigenvalue weighted by molar-refractivity contribution is -0.118. The van der Waals surface area contributed by atoms with E-state index < -0.39 is 0 Å². The van der Waals surface area contributed by atoms with Crippen LogP contribution < -0.4 is 10.9 Å². The molecule has 2 aromatic heterocycles. The Morgan fingerprint density at radius 3 is 2.64 bits per heavy atom. The third kappa shape index (κ3) is 4.28. The van der Waals surface area contributed by atoms with Gasteiger partial charge in [0.1, 0.15) is 10.6 Å². The number of aromatic nitrogens is 2. The zero-order valence-corrected chi connectivity index (χ0v) is 17.7. The summed E-state index contributed by atoms with van der Waals surface area (Å²) in [6, 6.07) is 6.00. The first-order valence-corrected chi connectivity index (χ1v) is 10.9. The van der Waals surface area contributed by atoms with Gasteiger partial charge in [0.2, 0.25) is 5.91 Å². The van der Waals surface area contributed by atoms with E-state index in [2.05, 4.69) is 10.3 Å². The van der Waals surface area contributed by atoms with Crippen LogP contribution in [0.3, 0.4) is 0 Å². The molecule has 0 saturated carbocycles. The number of aryl methyl sites for hydroxylation is 2. The molecule has 0 fully saturated rings. The second kappa shape index (κ2) is 8.87. The lowest BCUT2D eigenvalue weighted by atomic mass is 10.1. The molecular formula is C20H22FN3O2S2. The Balaban J connectivity index is 1.73. The number of amides is 1. The van der Waals surface area contributed by atoms with Crippen molar-refractivity contribution in [1.82, 2.24) is 14.9 Å². The van der Waals surface area contributed by atoms with Crippen LogP contribution >= 0.6 is 23.1 Å². The fraction of sp³-hybridized carbons (Fsp3) is 0.350. The first-order valence-electron chi connectivity index (χ1n) is 9.11. The fourth-order valence-corrected chi connectivity index (χ4v) is 5.08. The van der Waals surface area contributed by atoms with Gasteiger partial charge in [-0.05, 0) is 43.5 Å². The Bertz CT molecular complexity index is 1060. The van der Waals surface area contributed by atoms with Gasteiger partial charge in [0.25, 0.3) is 5.56 Å². The maximum absolute atomic E-state index is 12.9. The van der Waals surface area contributed by atoms with Gasteiger partial charge in [0, 0.05) is 18.0 Å². The van der Waals surface area contributed by atoms with E-state index >= 15 is 0 Å². The lowest BCUT2D eigenvalue weighted by Gasteiger charge is -2.10. The van der Waals surface area contributed by atoms with Crippen molar-refractivity contribution in [2.24, 2.45) is 0 Å². The second-order valence-electron chi connectivity index (χ2n) is 6.31. The molecule has 1 N–H and O–H groups in total. The lowest BCUT2D eigenvalue weighted by Crippen LogP contribution is -2.26. The molecule has 28 heavy (non-hydrogen) atoms. The number of nitrogens with one attached hydrogen (secondary N) is 1. The summed E-state index contributed by atoms with van der Waals surface area (Å²) in [5.41, 5.74) is 1.85. The molecule has 0 aliphatic rings. The number of carbonyl (C=O) groups is 1. The van der Waals surface area contributed by atoms with E-state index in [0.29, 0.717) is 23.6 Å². The molecule has 0 unspecified atom stereocenters. The van der Waals surface area contributed by atoms with Crippen LogP contribution in [0, 0.1) is 12.7 Å². The Morgan fingerprint density at radius 2 is 2.00 bits per heavy atom. The Labute approximate surface area is 171 Å². The quantitative estimate of drug-likeness (QED) is 0.466. The van der Waals surface area contributed by atoms with Gasteiger partial charge in [0.15, 0.2) is 5.16 Å². The minimum atomic E-state index is -0.306. The van der Waals surface area contributed by atoms with E-state index in [1.54, 1.807) is 16.7 Å². The highest BCUT2D eigenvalue weighted by molar-refractivity contribution is 7.99. The van der Waals surface area contributed by atoms with E-state index in [-0.39, 0.29) is 23.0 Å². The van der Waals surface area contributed by atoms with Gasteiger partial charge in [-0.25, -0.2) is 9.37 Å². The van der Waals surface area contributed by atoms with Crippen molar-refractivity contribution in [3.8, 4) is 0 Å². The summed E-state index contributed by atoms with van der Waals surface area (Å²) in [6.45, 7) is 6.78. The number of halogens is 1. The van der Waals surface area contributed by atoms with Crippen molar-refractivity contribution < 1.29 is 9.18 Å². The van der Waals surface area contributed by atoms with Gasteiger partial charge in [-0.2, -0.15) is 0 Å². The molecule has 0 aliphatic heterocycles. The SMILES string of the molecule is CCc1c(C)sc2nc(SCC(=O)NCc3ccc(F)cc3)n(CC)c(=O)c12. The molecule has 1 amide bonds. The third-order valence-electron chi connectivity index (χ3n) is 4.48. The topological polar surface area (TPSA) is 64.0 Å². The summed E-state index contributed by atoms with van der Waals surface area (Å²) >= 11 is 2.78. The summed E-state index contributed by atoms with van der Waals surface area (Å²) in [7, 11) is 0. The number of thiophene rings is 1. The molecule has 5 nitrogen and oxygen atoms in total. The predicted molar refractivity (Wildman–Crippen MR) is 113 cm³/mol. The van der Waals surface area contributed by atoms with Crippen LogP contribution in [0.4, 0.5) is 4.39 Å². The Hall–Kier alpha value is -2.19. The molecule has 0 spiro atoms. The van der Waals surface area contributed by atoms with Crippen molar-refractivity contribution in [3.63, 3.8) is 0 Å². The van der Waals surface area contributed by atoms with Crippen LogP contribution in [-0.4, -0.2) is 21.2 Å². The summed E-state index contributed by atoms with van der Waals surface area (Å²) in [5, 5.41) is 4.07. The number of thioether (sulfide) groups is 1. The van der Waals surface area contributed by atoms with Crippen molar-refractivity contribution in [3.05, 3.63) is 56.4 Å². The molecule has 0 aliphatic carbocycles. The number of hydrogen-bond donors (Lipinski definition) is 1. The maximum Gasteiger partial charge on any atom is 0.263 e. The highest BCUT2D eigenvalue weighted by Crippen LogP contribution is 2.29.